The summed E-state index contributed by atoms with van der Waals surface area (Å²) in [6.45, 7) is 8.11. The molecule has 0 aromatic carbocycles. The molecule has 6 nitrogen and oxygen atoms in total. The molecule has 1 saturated heterocycles. The minimum atomic E-state index is 0.708. The zero-order chi connectivity index (χ0) is 19.1. The van der Waals surface area contributed by atoms with Crippen molar-refractivity contribution in [2.24, 2.45) is 10.9 Å². The number of piperidine rings is 1. The van der Waals surface area contributed by atoms with Crippen molar-refractivity contribution in [3.05, 3.63) is 40.0 Å². The van der Waals surface area contributed by atoms with Crippen LogP contribution < -0.4 is 15.5 Å². The highest BCUT2D eigenvalue weighted by Gasteiger charge is 2.16. The first-order valence-electron chi connectivity index (χ1n) is 9.69. The smallest absolute Gasteiger partial charge is 0.191 e. The van der Waals surface area contributed by atoms with E-state index in [1.807, 2.05) is 13.1 Å². The first-order chi connectivity index (χ1) is 13.1. The Morgan fingerprint density at radius 1 is 1.30 bits per heavy atom. The summed E-state index contributed by atoms with van der Waals surface area (Å²) in [7, 11) is 1.79. The molecular weight excluding hydrogens is 356 g/mol. The second-order valence-corrected chi connectivity index (χ2v) is 8.22. The van der Waals surface area contributed by atoms with Crippen LogP contribution in [0.15, 0.2) is 28.7 Å². The molecule has 0 radical (unpaired) electrons. The molecule has 0 amide bonds. The molecule has 2 aromatic rings. The quantitative estimate of drug-likeness (QED) is 0.590. The van der Waals surface area contributed by atoms with Crippen molar-refractivity contribution in [3.63, 3.8) is 0 Å². The number of nitrogens with zero attached hydrogens (tertiary/aromatic N) is 4. The topological polar surface area (TPSA) is 65.4 Å². The lowest BCUT2D eigenvalue weighted by molar-refractivity contribution is 0.436. The van der Waals surface area contributed by atoms with Crippen LogP contribution in [0.25, 0.3) is 0 Å². The fourth-order valence-electron chi connectivity index (χ4n) is 3.18. The van der Waals surface area contributed by atoms with Crippen molar-refractivity contribution in [2.75, 3.05) is 31.6 Å². The Labute approximate surface area is 166 Å². The molecule has 0 atom stereocenters. The monoisotopic (exact) mass is 386 g/mol. The van der Waals surface area contributed by atoms with Crippen molar-refractivity contribution in [3.8, 4) is 0 Å². The summed E-state index contributed by atoms with van der Waals surface area (Å²) in [6, 6.07) is 4.28. The standard InChI is InChI=1S/C20H30N6S/c1-15-7-10-26(11-8-15)19-5-4-17(12-23-19)13-24-20(21-3)22-9-6-18-14-27-16(2)25-18/h4-5,12,14-15H,6-11,13H2,1-3H3,(H2,21,22,24). The summed E-state index contributed by atoms with van der Waals surface area (Å²) in [5.74, 6) is 2.73. The van der Waals surface area contributed by atoms with E-state index in [2.05, 4.69) is 54.9 Å². The Balaban J connectivity index is 1.42. The van der Waals surface area contributed by atoms with E-state index < -0.39 is 0 Å². The van der Waals surface area contributed by atoms with E-state index in [1.165, 1.54) is 12.8 Å². The Kier molecular flexibility index (Phi) is 7.04. The number of hydrogen-bond donors (Lipinski definition) is 2. The molecular formula is C20H30N6S. The molecule has 0 aliphatic carbocycles. The molecule has 3 heterocycles. The minimum absolute atomic E-state index is 0.708. The van der Waals surface area contributed by atoms with Crippen LogP contribution in [0.4, 0.5) is 5.82 Å². The molecule has 0 bridgehead atoms. The Morgan fingerprint density at radius 2 is 2.11 bits per heavy atom. The average molecular weight is 387 g/mol. The summed E-state index contributed by atoms with van der Waals surface area (Å²) in [6.07, 6.45) is 5.38. The Hall–Kier alpha value is -2.15. The molecule has 2 aromatic heterocycles. The van der Waals surface area contributed by atoms with Gasteiger partial charge in [-0.2, -0.15) is 0 Å². The highest BCUT2D eigenvalue weighted by molar-refractivity contribution is 7.09. The molecule has 27 heavy (non-hydrogen) atoms. The molecule has 7 heteroatoms. The van der Waals surface area contributed by atoms with Gasteiger partial charge in [-0.3, -0.25) is 4.99 Å². The molecule has 1 aliphatic rings. The van der Waals surface area contributed by atoms with Crippen LogP contribution in [0.3, 0.4) is 0 Å². The van der Waals surface area contributed by atoms with Crippen LogP contribution in [-0.4, -0.2) is 42.6 Å². The molecule has 0 spiro atoms. The van der Waals surface area contributed by atoms with Gasteiger partial charge in [0.25, 0.3) is 0 Å². The summed E-state index contributed by atoms with van der Waals surface area (Å²) in [5, 5.41) is 9.92. The maximum absolute atomic E-state index is 4.65. The van der Waals surface area contributed by atoms with E-state index >= 15 is 0 Å². The lowest BCUT2D eigenvalue weighted by Gasteiger charge is -2.31. The van der Waals surface area contributed by atoms with E-state index in [4.69, 9.17) is 0 Å². The number of rotatable bonds is 6. The average Bonchev–Trinajstić information content (AvgIpc) is 3.11. The molecule has 0 unspecified atom stereocenters. The van der Waals surface area contributed by atoms with Crippen LogP contribution in [0.2, 0.25) is 0 Å². The summed E-state index contributed by atoms with van der Waals surface area (Å²) >= 11 is 1.69. The third kappa shape index (κ3) is 5.92. The van der Waals surface area contributed by atoms with Gasteiger partial charge in [0.1, 0.15) is 5.82 Å². The highest BCUT2D eigenvalue weighted by atomic mass is 32.1. The van der Waals surface area contributed by atoms with Crippen LogP contribution in [0.5, 0.6) is 0 Å². The number of pyridine rings is 1. The zero-order valence-electron chi connectivity index (χ0n) is 16.5. The van der Waals surface area contributed by atoms with Gasteiger partial charge in [-0.15, -0.1) is 11.3 Å². The fraction of sp³-hybridized carbons (Fsp3) is 0.550. The van der Waals surface area contributed by atoms with E-state index in [1.54, 1.807) is 18.4 Å². The maximum atomic E-state index is 4.65. The second-order valence-electron chi connectivity index (χ2n) is 7.15. The first-order valence-corrected chi connectivity index (χ1v) is 10.6. The number of guanidine groups is 1. The zero-order valence-corrected chi connectivity index (χ0v) is 17.4. The molecule has 146 valence electrons. The number of aromatic nitrogens is 2. The van der Waals surface area contributed by atoms with Crippen molar-refractivity contribution >= 4 is 23.1 Å². The van der Waals surface area contributed by atoms with Crippen LogP contribution in [0, 0.1) is 12.8 Å². The summed E-state index contributed by atoms with van der Waals surface area (Å²) in [5.41, 5.74) is 2.29. The van der Waals surface area contributed by atoms with E-state index in [-0.39, 0.29) is 0 Å². The van der Waals surface area contributed by atoms with Crippen LogP contribution in [-0.2, 0) is 13.0 Å². The molecule has 1 aliphatic heterocycles. The van der Waals surface area contributed by atoms with Gasteiger partial charge in [0.05, 0.1) is 10.7 Å². The van der Waals surface area contributed by atoms with E-state index in [0.717, 1.165) is 60.0 Å². The predicted octanol–water partition coefficient (Wildman–Crippen LogP) is 2.99. The van der Waals surface area contributed by atoms with Crippen molar-refractivity contribution in [1.29, 1.82) is 0 Å². The third-order valence-electron chi connectivity index (χ3n) is 4.94. The molecule has 2 N–H and O–H groups in total. The summed E-state index contributed by atoms with van der Waals surface area (Å²) in [4.78, 5) is 15.8. The molecule has 1 fully saturated rings. The number of nitrogens with one attached hydrogen (secondary N) is 2. The fourth-order valence-corrected chi connectivity index (χ4v) is 3.83. The summed E-state index contributed by atoms with van der Waals surface area (Å²) < 4.78 is 0. The van der Waals surface area contributed by atoms with Gasteiger partial charge in [-0.25, -0.2) is 9.97 Å². The predicted molar refractivity (Wildman–Crippen MR) is 114 cm³/mol. The van der Waals surface area contributed by atoms with E-state index in [0.29, 0.717) is 6.54 Å². The number of aryl methyl sites for hydroxylation is 1. The van der Waals surface area contributed by atoms with Gasteiger partial charge in [0.2, 0.25) is 0 Å². The van der Waals surface area contributed by atoms with Gasteiger partial charge < -0.3 is 15.5 Å². The highest BCUT2D eigenvalue weighted by Crippen LogP contribution is 2.21. The van der Waals surface area contributed by atoms with Gasteiger partial charge in [0, 0.05) is 51.2 Å². The minimum Gasteiger partial charge on any atom is -0.357 e. The maximum Gasteiger partial charge on any atom is 0.191 e. The molecule has 3 rings (SSSR count). The largest absolute Gasteiger partial charge is 0.357 e. The number of thiazole rings is 1. The van der Waals surface area contributed by atoms with Gasteiger partial charge in [0.15, 0.2) is 5.96 Å². The van der Waals surface area contributed by atoms with Crippen LogP contribution >= 0.6 is 11.3 Å². The van der Waals surface area contributed by atoms with Gasteiger partial charge in [-0.05, 0) is 37.3 Å². The Morgan fingerprint density at radius 3 is 2.74 bits per heavy atom. The Bertz CT molecular complexity index is 731. The number of anilines is 1. The van der Waals surface area contributed by atoms with Crippen LogP contribution in [0.1, 0.15) is 36.0 Å². The van der Waals surface area contributed by atoms with Crippen molar-refractivity contribution in [1.82, 2.24) is 20.6 Å². The van der Waals surface area contributed by atoms with E-state index in [9.17, 15) is 0 Å². The number of aliphatic imine (C=N–C) groups is 1. The molecule has 0 saturated carbocycles. The van der Waals surface area contributed by atoms with Crippen molar-refractivity contribution in [2.45, 2.75) is 39.7 Å². The van der Waals surface area contributed by atoms with Crippen molar-refractivity contribution < 1.29 is 0 Å². The third-order valence-corrected chi connectivity index (χ3v) is 5.76. The second kappa shape index (κ2) is 9.69. The lowest BCUT2D eigenvalue weighted by atomic mass is 9.99. The number of hydrogen-bond acceptors (Lipinski definition) is 5. The lowest BCUT2D eigenvalue weighted by Crippen LogP contribution is -2.38. The normalized spacial score (nSPS) is 15.8. The van der Waals surface area contributed by atoms with Gasteiger partial charge >= 0.3 is 0 Å². The SMILES string of the molecule is CN=C(NCCc1csc(C)n1)NCc1ccc(N2CCC(C)CC2)nc1. The first kappa shape index (κ1) is 19.6. The van der Waals surface area contributed by atoms with Gasteiger partial charge in [-0.1, -0.05) is 13.0 Å².